The summed E-state index contributed by atoms with van der Waals surface area (Å²) in [5, 5.41) is 21.3. The zero-order valence-electron chi connectivity index (χ0n) is 13.2. The van der Waals surface area contributed by atoms with Crippen LogP contribution in [0.2, 0.25) is 0 Å². The molecule has 0 aromatic heterocycles. The Kier molecular flexibility index (Phi) is 5.25. The van der Waals surface area contributed by atoms with Crippen molar-refractivity contribution in [3.8, 4) is 5.75 Å². The number of carbonyl (C=O) groups is 2. The quantitative estimate of drug-likeness (QED) is 0.713. The third-order valence-electron chi connectivity index (χ3n) is 3.87. The van der Waals surface area contributed by atoms with E-state index in [0.29, 0.717) is 31.2 Å². The van der Waals surface area contributed by atoms with Crippen LogP contribution in [0, 0.1) is 0 Å². The molecule has 2 aromatic rings. The first kappa shape index (κ1) is 18.4. The molecule has 0 saturated carbocycles. The maximum atomic E-state index is 11.7. The SMILES string of the molecule is O=C1C=C/C(=C(\c2ccc([O-])c(Br)c2)c2ccccc2C(=O)O)C=C1Br. The highest BCUT2D eigenvalue weighted by Crippen LogP contribution is 2.35. The van der Waals surface area contributed by atoms with E-state index in [1.807, 2.05) is 0 Å². The van der Waals surface area contributed by atoms with Crippen LogP contribution in [0.3, 0.4) is 0 Å². The lowest BCUT2D eigenvalue weighted by Crippen LogP contribution is -2.06. The Morgan fingerprint density at radius 2 is 1.69 bits per heavy atom. The lowest BCUT2D eigenvalue weighted by Gasteiger charge is -2.18. The normalized spacial score (nSPS) is 15.6. The summed E-state index contributed by atoms with van der Waals surface area (Å²) in [5.74, 6) is -1.40. The average molecular weight is 475 g/mol. The first-order valence-electron chi connectivity index (χ1n) is 7.52. The average Bonchev–Trinajstić information content (AvgIpc) is 2.61. The summed E-state index contributed by atoms with van der Waals surface area (Å²) >= 11 is 6.46. The number of carbonyl (C=O) groups excluding carboxylic acids is 1. The number of carboxylic acids is 1. The van der Waals surface area contributed by atoms with Gasteiger partial charge in [-0.15, -0.1) is 0 Å². The molecule has 4 nitrogen and oxygen atoms in total. The zero-order valence-corrected chi connectivity index (χ0v) is 16.4. The maximum absolute atomic E-state index is 11.7. The summed E-state index contributed by atoms with van der Waals surface area (Å²) in [4.78, 5) is 23.4. The van der Waals surface area contributed by atoms with Crippen LogP contribution < -0.4 is 5.11 Å². The second-order valence-corrected chi connectivity index (χ2v) is 7.22. The molecule has 0 unspecified atom stereocenters. The Labute approximate surface area is 166 Å². The molecule has 0 bridgehead atoms. The van der Waals surface area contributed by atoms with E-state index in [1.165, 1.54) is 18.2 Å². The van der Waals surface area contributed by atoms with E-state index in [2.05, 4.69) is 31.9 Å². The number of carboxylic acid groups (broad SMARTS) is 1. The van der Waals surface area contributed by atoms with Gasteiger partial charge >= 0.3 is 5.97 Å². The first-order valence-corrected chi connectivity index (χ1v) is 9.10. The standard InChI is InChI=1S/C20H12Br2O4/c21-15-9-11(5-7-17(15)23)19(12-6-8-18(24)16(22)10-12)13-3-1-2-4-14(13)20(25)26/h1-10,23H,(H,25,26)/p-1/b19-12-. The Hall–Kier alpha value is -2.44. The largest absolute Gasteiger partial charge is 0.872 e. The first-order chi connectivity index (χ1) is 12.4. The third-order valence-corrected chi connectivity index (χ3v) is 5.11. The second kappa shape index (κ2) is 7.43. The minimum atomic E-state index is -1.06. The summed E-state index contributed by atoms with van der Waals surface area (Å²) in [5.41, 5.74) is 2.57. The predicted octanol–water partition coefficient (Wildman–Crippen LogP) is 4.44. The number of benzene rings is 2. The smallest absolute Gasteiger partial charge is 0.336 e. The number of hydrogen-bond acceptors (Lipinski definition) is 3. The molecule has 0 heterocycles. The summed E-state index contributed by atoms with van der Waals surface area (Å²) < 4.78 is 0.750. The number of hydrogen-bond donors (Lipinski definition) is 1. The summed E-state index contributed by atoms with van der Waals surface area (Å²) in [6, 6.07) is 11.3. The van der Waals surface area contributed by atoms with E-state index in [-0.39, 0.29) is 17.1 Å². The second-order valence-electron chi connectivity index (χ2n) is 5.52. The number of allylic oxidation sites excluding steroid dienone is 5. The molecule has 26 heavy (non-hydrogen) atoms. The van der Waals surface area contributed by atoms with E-state index >= 15 is 0 Å². The van der Waals surface area contributed by atoms with Gasteiger partial charge in [0, 0.05) is 4.47 Å². The van der Waals surface area contributed by atoms with Gasteiger partial charge in [0.15, 0.2) is 5.78 Å². The minimum absolute atomic E-state index is 0.132. The number of aromatic carboxylic acids is 1. The molecule has 0 fully saturated rings. The molecule has 0 amide bonds. The highest BCUT2D eigenvalue weighted by molar-refractivity contribution is 9.12. The van der Waals surface area contributed by atoms with Crippen molar-refractivity contribution in [2.45, 2.75) is 0 Å². The van der Waals surface area contributed by atoms with Crippen molar-refractivity contribution in [3.05, 3.63) is 91.9 Å². The van der Waals surface area contributed by atoms with Gasteiger partial charge in [0.1, 0.15) is 0 Å². The van der Waals surface area contributed by atoms with E-state index in [1.54, 1.807) is 42.5 Å². The molecule has 1 aliphatic rings. The summed E-state index contributed by atoms with van der Waals surface area (Å²) in [7, 11) is 0. The fourth-order valence-corrected chi connectivity index (χ4v) is 3.44. The van der Waals surface area contributed by atoms with Gasteiger partial charge in [-0.2, -0.15) is 0 Å². The van der Waals surface area contributed by atoms with Crippen LogP contribution in [0.25, 0.3) is 5.57 Å². The number of ketones is 1. The predicted molar refractivity (Wildman–Crippen MR) is 104 cm³/mol. The Morgan fingerprint density at radius 1 is 1.00 bits per heavy atom. The molecular formula is C20H11Br2O4-. The molecule has 1 aliphatic carbocycles. The van der Waals surface area contributed by atoms with Gasteiger partial charge in [-0.3, -0.25) is 4.79 Å². The lowest BCUT2D eigenvalue weighted by molar-refractivity contribution is -0.269. The van der Waals surface area contributed by atoms with Crippen LogP contribution in [0.1, 0.15) is 21.5 Å². The molecule has 3 rings (SSSR count). The molecule has 0 atom stereocenters. The molecule has 0 saturated heterocycles. The summed E-state index contributed by atoms with van der Waals surface area (Å²) in [6.07, 6.45) is 4.70. The number of halogens is 2. The van der Waals surface area contributed by atoms with Crippen LogP contribution in [-0.4, -0.2) is 16.9 Å². The lowest BCUT2D eigenvalue weighted by atomic mass is 9.88. The Morgan fingerprint density at radius 3 is 2.31 bits per heavy atom. The maximum Gasteiger partial charge on any atom is 0.336 e. The van der Waals surface area contributed by atoms with E-state index in [0.717, 1.165) is 0 Å². The topological polar surface area (TPSA) is 77.4 Å². The molecule has 130 valence electrons. The van der Waals surface area contributed by atoms with Gasteiger partial charge in [0.2, 0.25) is 0 Å². The van der Waals surface area contributed by atoms with Crippen LogP contribution in [0.5, 0.6) is 5.75 Å². The van der Waals surface area contributed by atoms with Crippen LogP contribution in [0.15, 0.2) is 75.2 Å². The van der Waals surface area contributed by atoms with Crippen molar-refractivity contribution in [2.24, 2.45) is 0 Å². The Bertz CT molecular complexity index is 1020. The molecular weight excluding hydrogens is 464 g/mol. The van der Waals surface area contributed by atoms with E-state index in [4.69, 9.17) is 0 Å². The van der Waals surface area contributed by atoms with Crippen molar-refractivity contribution in [1.82, 2.24) is 0 Å². The summed E-state index contributed by atoms with van der Waals surface area (Å²) in [6.45, 7) is 0. The van der Waals surface area contributed by atoms with Crippen LogP contribution >= 0.6 is 31.9 Å². The zero-order chi connectivity index (χ0) is 18.8. The fraction of sp³-hybridized carbons (Fsp3) is 0. The van der Waals surface area contributed by atoms with E-state index in [9.17, 15) is 19.8 Å². The van der Waals surface area contributed by atoms with Crippen LogP contribution in [-0.2, 0) is 4.79 Å². The van der Waals surface area contributed by atoms with Crippen molar-refractivity contribution < 1.29 is 19.8 Å². The van der Waals surface area contributed by atoms with Gasteiger partial charge in [-0.05, 0) is 62.5 Å². The highest BCUT2D eigenvalue weighted by atomic mass is 79.9. The fourth-order valence-electron chi connectivity index (χ4n) is 2.68. The van der Waals surface area contributed by atoms with Gasteiger partial charge in [-0.25, -0.2) is 4.79 Å². The highest BCUT2D eigenvalue weighted by Gasteiger charge is 2.19. The van der Waals surface area contributed by atoms with Gasteiger partial charge in [0.25, 0.3) is 0 Å². The van der Waals surface area contributed by atoms with Crippen molar-refractivity contribution >= 4 is 49.2 Å². The third kappa shape index (κ3) is 3.57. The number of rotatable bonds is 3. The molecule has 0 aliphatic heterocycles. The molecule has 0 radical (unpaired) electrons. The van der Waals surface area contributed by atoms with E-state index < -0.39 is 5.97 Å². The minimum Gasteiger partial charge on any atom is -0.872 e. The van der Waals surface area contributed by atoms with Gasteiger partial charge < -0.3 is 10.2 Å². The monoisotopic (exact) mass is 473 g/mol. The van der Waals surface area contributed by atoms with Crippen molar-refractivity contribution in [1.29, 1.82) is 0 Å². The van der Waals surface area contributed by atoms with Gasteiger partial charge in [0.05, 0.1) is 10.0 Å². The molecule has 2 aromatic carbocycles. The van der Waals surface area contributed by atoms with Crippen LogP contribution in [0.4, 0.5) is 0 Å². The van der Waals surface area contributed by atoms with Gasteiger partial charge in [-0.1, -0.05) is 58.1 Å². The van der Waals surface area contributed by atoms with Crippen molar-refractivity contribution in [3.63, 3.8) is 0 Å². The molecule has 6 heteroatoms. The molecule has 0 spiro atoms. The Balaban J connectivity index is 2.35. The molecule has 1 N–H and O–H groups in total. The van der Waals surface area contributed by atoms with Crippen molar-refractivity contribution in [2.75, 3.05) is 0 Å².